The third kappa shape index (κ3) is 5.80. The molecule has 4 aromatic carbocycles. The summed E-state index contributed by atoms with van der Waals surface area (Å²) in [7, 11) is -5.98. The second-order valence-electron chi connectivity index (χ2n) is 15.3. The maximum Gasteiger partial charge on any atom is 0.302 e. The molecule has 0 radical (unpaired) electrons. The molecule has 50 heavy (non-hydrogen) atoms. The highest BCUT2D eigenvalue weighted by Gasteiger charge is 2.60. The van der Waals surface area contributed by atoms with Gasteiger partial charge in [-0.25, -0.2) is 0 Å². The molecule has 9 heteroatoms. The van der Waals surface area contributed by atoms with Gasteiger partial charge < -0.3 is 18.3 Å². The van der Waals surface area contributed by atoms with E-state index in [-0.39, 0.29) is 28.3 Å². The summed E-state index contributed by atoms with van der Waals surface area (Å²) in [5.74, 6) is 0. The minimum Gasteiger partial charge on any atom is -0.454 e. The Labute approximate surface area is 297 Å². The second-order valence-corrected chi connectivity index (χ2v) is 23.9. The van der Waals surface area contributed by atoms with E-state index in [0.29, 0.717) is 0 Å². The molecule has 4 atom stereocenters. The van der Waals surface area contributed by atoms with Gasteiger partial charge in [-0.15, -0.1) is 0 Å². The van der Waals surface area contributed by atoms with Crippen molar-refractivity contribution in [2.45, 2.75) is 76.2 Å². The van der Waals surface area contributed by atoms with Crippen molar-refractivity contribution in [1.29, 1.82) is 0 Å². The fourth-order valence-electron chi connectivity index (χ4n) is 8.00. The van der Waals surface area contributed by atoms with E-state index in [2.05, 4.69) is 156 Å². The number of hydrogen-bond donors (Lipinski definition) is 0. The van der Waals surface area contributed by atoms with Crippen LogP contribution in [0.1, 0.15) is 47.8 Å². The molecule has 0 N–H and O–H groups in total. The van der Waals surface area contributed by atoms with Gasteiger partial charge in [-0.2, -0.15) is 4.98 Å². The van der Waals surface area contributed by atoms with E-state index in [4.69, 9.17) is 18.3 Å². The molecule has 2 aliphatic heterocycles. The molecule has 0 spiro atoms. The molecular formula is C41H46N2O5Si2. The lowest BCUT2D eigenvalue weighted by atomic mass is 10.1. The van der Waals surface area contributed by atoms with E-state index in [1.165, 1.54) is 16.4 Å². The van der Waals surface area contributed by atoms with Crippen molar-refractivity contribution < 1.29 is 18.3 Å². The van der Waals surface area contributed by atoms with Crippen LogP contribution < -0.4 is 31.0 Å². The average molecular weight is 703 g/mol. The standard InChI is InChI=1S/C41H46N2O5Si2/c1-40(2,3)49(30-19-11-7-12-20-30,31-21-13-8-14-22-31)45-29-34-36(37-38(46-34)43-28-27-35(44)42-39(43)47-37)48-50(41(4,5)6,32-23-15-9-16-24-32)33-25-17-10-18-26-33/h7-28,34,36-38H,29H2,1-6H3/t34-,36-,37+,38-/m1/s1. The van der Waals surface area contributed by atoms with Crippen molar-refractivity contribution in [3.8, 4) is 6.01 Å². The third-order valence-corrected chi connectivity index (χ3v) is 20.3. The molecule has 0 amide bonds. The smallest absolute Gasteiger partial charge is 0.302 e. The van der Waals surface area contributed by atoms with E-state index in [9.17, 15) is 4.79 Å². The van der Waals surface area contributed by atoms with Crippen LogP contribution in [-0.2, 0) is 13.6 Å². The molecule has 7 rings (SSSR count). The summed E-state index contributed by atoms with van der Waals surface area (Å²) in [4.78, 5) is 16.5. The van der Waals surface area contributed by atoms with Crippen molar-refractivity contribution in [3.63, 3.8) is 0 Å². The number of rotatable bonds is 9. The van der Waals surface area contributed by atoms with Gasteiger partial charge in [-0.3, -0.25) is 9.36 Å². The van der Waals surface area contributed by atoms with Crippen LogP contribution in [0.25, 0.3) is 0 Å². The van der Waals surface area contributed by atoms with Crippen LogP contribution in [0.15, 0.2) is 138 Å². The number of hydrogen-bond acceptors (Lipinski definition) is 6. The molecule has 7 nitrogen and oxygen atoms in total. The lowest BCUT2D eigenvalue weighted by Crippen LogP contribution is -2.70. The lowest BCUT2D eigenvalue weighted by molar-refractivity contribution is -0.0373. The Hall–Kier alpha value is -4.13. The van der Waals surface area contributed by atoms with Gasteiger partial charge in [0.05, 0.1) is 6.61 Å². The minimum absolute atomic E-state index is 0.217. The van der Waals surface area contributed by atoms with Gasteiger partial charge in [0.15, 0.2) is 12.3 Å². The maximum atomic E-state index is 12.3. The Bertz CT molecular complexity index is 1880. The van der Waals surface area contributed by atoms with Gasteiger partial charge >= 0.3 is 6.01 Å². The molecule has 0 saturated carbocycles. The maximum absolute atomic E-state index is 12.3. The van der Waals surface area contributed by atoms with E-state index >= 15 is 0 Å². The zero-order chi connectivity index (χ0) is 35.1. The summed E-state index contributed by atoms with van der Waals surface area (Å²) in [6.07, 6.45) is -0.393. The Morgan fingerprint density at radius 2 is 1.10 bits per heavy atom. The normalized spacial score (nSPS) is 20.6. The fraction of sp³-hybridized carbons (Fsp3) is 0.317. The van der Waals surface area contributed by atoms with Gasteiger partial charge in [-0.05, 0) is 30.8 Å². The monoisotopic (exact) mass is 702 g/mol. The van der Waals surface area contributed by atoms with Crippen LogP contribution in [0.3, 0.4) is 0 Å². The summed E-state index contributed by atoms with van der Waals surface area (Å²) < 4.78 is 30.6. The molecule has 0 unspecified atom stereocenters. The van der Waals surface area contributed by atoms with Crippen molar-refractivity contribution in [1.82, 2.24) is 9.55 Å². The lowest BCUT2D eigenvalue weighted by Gasteiger charge is -2.46. The van der Waals surface area contributed by atoms with Gasteiger partial charge in [0, 0.05) is 12.3 Å². The van der Waals surface area contributed by atoms with Crippen molar-refractivity contribution in [2.75, 3.05) is 6.61 Å². The van der Waals surface area contributed by atoms with Gasteiger partial charge in [0.2, 0.25) is 0 Å². The SMILES string of the molecule is CC(C)(C)[Si](OC[C@H]1O[C@@H]2[C@@H](Oc3nc(=O)ccn32)[C@@H]1O[Si](c1ccccc1)(c1ccccc1)C(C)(C)C)(c1ccccc1)c1ccccc1. The van der Waals surface area contributed by atoms with E-state index < -0.39 is 41.2 Å². The molecule has 1 fully saturated rings. The molecule has 2 aliphatic rings. The van der Waals surface area contributed by atoms with Crippen LogP contribution >= 0.6 is 0 Å². The van der Waals surface area contributed by atoms with Crippen molar-refractivity contribution in [3.05, 3.63) is 144 Å². The minimum atomic E-state index is -3.07. The molecule has 3 heterocycles. The first kappa shape index (κ1) is 34.3. The number of ether oxygens (including phenoxy) is 2. The van der Waals surface area contributed by atoms with Crippen molar-refractivity contribution >= 4 is 37.4 Å². The fourth-order valence-corrected chi connectivity index (χ4v) is 17.3. The zero-order valence-electron chi connectivity index (χ0n) is 29.7. The predicted octanol–water partition coefficient (Wildman–Crippen LogP) is 5.42. The molecule has 1 aromatic heterocycles. The molecule has 0 aliphatic carbocycles. The summed E-state index contributed by atoms with van der Waals surface area (Å²) in [5.41, 5.74) is -0.354. The quantitative estimate of drug-likeness (QED) is 0.191. The van der Waals surface area contributed by atoms with Crippen LogP contribution in [0, 0.1) is 0 Å². The van der Waals surface area contributed by atoms with Gasteiger partial charge in [0.1, 0.15) is 12.2 Å². The van der Waals surface area contributed by atoms with Gasteiger partial charge in [-0.1, -0.05) is 163 Å². The summed E-state index contributed by atoms with van der Waals surface area (Å²) in [6.45, 7) is 13.9. The van der Waals surface area contributed by atoms with Crippen LogP contribution in [0.2, 0.25) is 10.1 Å². The summed E-state index contributed by atoms with van der Waals surface area (Å²) in [5, 5.41) is 4.23. The Kier molecular flexibility index (Phi) is 9.07. The van der Waals surface area contributed by atoms with E-state index in [0.717, 1.165) is 10.4 Å². The topological polar surface area (TPSA) is 71.8 Å². The predicted molar refractivity (Wildman–Crippen MR) is 203 cm³/mol. The molecule has 1 saturated heterocycles. The Morgan fingerprint density at radius 1 is 0.660 bits per heavy atom. The van der Waals surface area contributed by atoms with Crippen molar-refractivity contribution in [2.24, 2.45) is 0 Å². The summed E-state index contributed by atoms with van der Waals surface area (Å²) in [6, 6.07) is 44.2. The van der Waals surface area contributed by atoms with E-state index in [1.54, 1.807) is 6.20 Å². The number of nitrogens with zero attached hydrogens (tertiary/aromatic N) is 2. The zero-order valence-corrected chi connectivity index (χ0v) is 31.7. The Balaban J connectivity index is 1.36. The van der Waals surface area contributed by atoms with Crippen LogP contribution in [-0.4, -0.2) is 51.1 Å². The van der Waals surface area contributed by atoms with E-state index in [1.807, 2.05) is 16.7 Å². The first-order valence-electron chi connectivity index (χ1n) is 17.4. The number of aromatic nitrogens is 2. The first-order valence-corrected chi connectivity index (χ1v) is 21.2. The Morgan fingerprint density at radius 3 is 1.54 bits per heavy atom. The largest absolute Gasteiger partial charge is 0.454 e. The van der Waals surface area contributed by atoms with Crippen LogP contribution in [0.4, 0.5) is 0 Å². The van der Waals surface area contributed by atoms with Crippen LogP contribution in [0.5, 0.6) is 6.01 Å². The molecule has 258 valence electrons. The number of benzene rings is 4. The highest BCUT2D eigenvalue weighted by molar-refractivity contribution is 7.00. The van der Waals surface area contributed by atoms with Gasteiger partial charge in [0.25, 0.3) is 22.2 Å². The number of fused-ring (bicyclic) bond motifs is 3. The first-order chi connectivity index (χ1) is 24.0. The highest BCUT2D eigenvalue weighted by atomic mass is 28.4. The second kappa shape index (κ2) is 13.2. The molecule has 5 aromatic rings. The third-order valence-electron chi connectivity index (χ3n) is 10.2. The highest BCUT2D eigenvalue weighted by Crippen LogP contribution is 2.46. The molecule has 0 bridgehead atoms. The summed E-state index contributed by atoms with van der Waals surface area (Å²) >= 11 is 0. The molecular weight excluding hydrogens is 657 g/mol. The average Bonchev–Trinajstić information content (AvgIpc) is 3.62.